The zero-order chi connectivity index (χ0) is 14.4. The minimum absolute atomic E-state index is 0.701. The van der Waals surface area contributed by atoms with Crippen LogP contribution in [-0.2, 0) is 6.54 Å². The summed E-state index contributed by atoms with van der Waals surface area (Å²) in [7, 11) is 0. The van der Waals surface area contributed by atoms with Crippen LogP contribution in [0.25, 0.3) is 0 Å². The topological polar surface area (TPSA) is 31.4 Å². The average molecular weight is 276 g/mol. The Kier molecular flexibility index (Phi) is 5.80. The van der Waals surface area contributed by atoms with Crippen LogP contribution in [0, 0.1) is 0 Å². The highest BCUT2D eigenvalue weighted by Crippen LogP contribution is 2.16. The van der Waals surface area contributed by atoms with Crippen LogP contribution in [-0.4, -0.2) is 48.6 Å². The molecule has 20 heavy (non-hydrogen) atoms. The summed E-state index contributed by atoms with van der Waals surface area (Å²) in [5, 5.41) is 3.33. The van der Waals surface area contributed by atoms with Gasteiger partial charge in [-0.1, -0.05) is 19.9 Å². The molecule has 0 amide bonds. The summed E-state index contributed by atoms with van der Waals surface area (Å²) in [5.74, 6) is 1.12. The molecular formula is C16H28N4. The first-order valence-electron chi connectivity index (χ1n) is 7.89. The van der Waals surface area contributed by atoms with Crippen LogP contribution in [0.1, 0.15) is 32.8 Å². The summed E-state index contributed by atoms with van der Waals surface area (Å²) in [5.41, 5.74) is 1.26. The second-order valence-corrected chi connectivity index (χ2v) is 5.59. The lowest BCUT2D eigenvalue weighted by Gasteiger charge is -2.38. The quantitative estimate of drug-likeness (QED) is 0.862. The van der Waals surface area contributed by atoms with Gasteiger partial charge >= 0.3 is 0 Å². The average Bonchev–Trinajstić information content (AvgIpc) is 2.53. The number of nitrogens with zero attached hydrogens (tertiary/aromatic N) is 3. The minimum atomic E-state index is 0.701. The molecule has 0 aromatic carbocycles. The fraction of sp³-hybridized carbons (Fsp3) is 0.688. The van der Waals surface area contributed by atoms with Crippen molar-refractivity contribution in [3.8, 4) is 0 Å². The molecule has 1 fully saturated rings. The Hall–Kier alpha value is -1.13. The van der Waals surface area contributed by atoms with Gasteiger partial charge in [-0.25, -0.2) is 4.98 Å². The largest absolute Gasteiger partial charge is 0.354 e. The molecule has 0 spiro atoms. The van der Waals surface area contributed by atoms with E-state index in [2.05, 4.69) is 53.0 Å². The zero-order valence-corrected chi connectivity index (χ0v) is 13.1. The van der Waals surface area contributed by atoms with E-state index in [-0.39, 0.29) is 0 Å². The van der Waals surface area contributed by atoms with Gasteiger partial charge in [0.1, 0.15) is 5.82 Å². The first-order chi connectivity index (χ1) is 9.74. The van der Waals surface area contributed by atoms with Gasteiger partial charge in [0, 0.05) is 45.0 Å². The smallest absolute Gasteiger partial charge is 0.128 e. The summed E-state index contributed by atoms with van der Waals surface area (Å²) < 4.78 is 0. The molecule has 1 saturated heterocycles. The maximum absolute atomic E-state index is 4.61. The van der Waals surface area contributed by atoms with Gasteiger partial charge in [0.25, 0.3) is 0 Å². The summed E-state index contributed by atoms with van der Waals surface area (Å²) in [6.45, 7) is 13.1. The molecule has 4 heteroatoms. The lowest BCUT2D eigenvalue weighted by molar-refractivity contribution is 0.192. The Labute approximate surface area is 123 Å². The van der Waals surface area contributed by atoms with Crippen LogP contribution in [0.15, 0.2) is 18.3 Å². The number of aromatic nitrogens is 1. The van der Waals surface area contributed by atoms with Crippen molar-refractivity contribution in [3.05, 3.63) is 23.9 Å². The second kappa shape index (κ2) is 7.60. The zero-order valence-electron chi connectivity index (χ0n) is 13.1. The fourth-order valence-electron chi connectivity index (χ4n) is 2.63. The molecular weight excluding hydrogens is 248 g/mol. The van der Waals surface area contributed by atoms with Gasteiger partial charge in [0.05, 0.1) is 0 Å². The highest BCUT2D eigenvalue weighted by molar-refractivity contribution is 5.39. The van der Waals surface area contributed by atoms with E-state index >= 15 is 0 Å². The summed E-state index contributed by atoms with van der Waals surface area (Å²) in [6, 6.07) is 5.05. The van der Waals surface area contributed by atoms with Crippen molar-refractivity contribution in [1.29, 1.82) is 0 Å². The molecule has 0 aliphatic carbocycles. The van der Waals surface area contributed by atoms with Crippen LogP contribution in [0.5, 0.6) is 0 Å². The number of piperazine rings is 1. The van der Waals surface area contributed by atoms with Crippen molar-refractivity contribution in [2.45, 2.75) is 39.8 Å². The third-order valence-electron chi connectivity index (χ3n) is 4.24. The molecule has 0 bridgehead atoms. The summed E-state index contributed by atoms with van der Waals surface area (Å²) in [6.07, 6.45) is 3.23. The van der Waals surface area contributed by atoms with Crippen LogP contribution in [0.4, 0.5) is 5.82 Å². The van der Waals surface area contributed by atoms with Gasteiger partial charge < -0.3 is 10.2 Å². The minimum Gasteiger partial charge on any atom is -0.354 e. The number of pyridine rings is 1. The second-order valence-electron chi connectivity index (χ2n) is 5.59. The van der Waals surface area contributed by atoms with Crippen LogP contribution >= 0.6 is 0 Å². The van der Waals surface area contributed by atoms with E-state index < -0.39 is 0 Å². The molecule has 1 atom stereocenters. The Morgan fingerprint density at radius 2 is 1.95 bits per heavy atom. The Morgan fingerprint density at radius 1 is 1.20 bits per heavy atom. The molecule has 112 valence electrons. The van der Waals surface area contributed by atoms with Crippen LogP contribution in [0.3, 0.4) is 0 Å². The van der Waals surface area contributed by atoms with E-state index in [9.17, 15) is 0 Å². The van der Waals surface area contributed by atoms with Gasteiger partial charge in [-0.15, -0.1) is 0 Å². The van der Waals surface area contributed by atoms with E-state index in [0.717, 1.165) is 45.1 Å². The highest BCUT2D eigenvalue weighted by atomic mass is 15.3. The Balaban J connectivity index is 1.87. The van der Waals surface area contributed by atoms with Crippen molar-refractivity contribution in [2.24, 2.45) is 0 Å². The van der Waals surface area contributed by atoms with E-state index in [4.69, 9.17) is 0 Å². The maximum atomic E-state index is 4.61. The number of hydrogen-bond acceptors (Lipinski definition) is 4. The first-order valence-corrected chi connectivity index (χ1v) is 7.89. The monoisotopic (exact) mass is 276 g/mol. The van der Waals surface area contributed by atoms with Gasteiger partial charge in [-0.05, 0) is 31.5 Å². The van der Waals surface area contributed by atoms with Crippen molar-refractivity contribution >= 4 is 5.82 Å². The molecule has 1 aromatic rings. The SMILES string of the molecule is CCNCc1ccc(N2CCN(C(C)CC)CC2)nc1. The highest BCUT2D eigenvalue weighted by Gasteiger charge is 2.20. The number of hydrogen-bond donors (Lipinski definition) is 1. The third kappa shape index (κ3) is 3.93. The van der Waals surface area contributed by atoms with Gasteiger partial charge in [-0.2, -0.15) is 0 Å². The standard InChI is InChI=1S/C16H28N4/c1-4-14(3)19-8-10-20(11-9-19)16-7-6-15(13-18-16)12-17-5-2/h6-7,13-14,17H,4-5,8-12H2,1-3H3. The van der Waals surface area contributed by atoms with Crippen molar-refractivity contribution in [2.75, 3.05) is 37.6 Å². The molecule has 0 saturated carbocycles. The molecule has 0 radical (unpaired) electrons. The van der Waals surface area contributed by atoms with E-state index in [1.165, 1.54) is 12.0 Å². The molecule has 1 aromatic heterocycles. The Bertz CT molecular complexity index is 382. The van der Waals surface area contributed by atoms with Gasteiger partial charge in [0.2, 0.25) is 0 Å². The van der Waals surface area contributed by atoms with Gasteiger partial charge in [0.15, 0.2) is 0 Å². The number of rotatable bonds is 6. The van der Waals surface area contributed by atoms with E-state index in [1.54, 1.807) is 0 Å². The molecule has 1 aliphatic heterocycles. The lowest BCUT2D eigenvalue weighted by atomic mass is 10.2. The molecule has 1 unspecified atom stereocenters. The predicted octanol–water partition coefficient (Wildman–Crippen LogP) is 2.11. The predicted molar refractivity (Wildman–Crippen MR) is 85.2 cm³/mol. The van der Waals surface area contributed by atoms with Crippen LogP contribution in [0.2, 0.25) is 0 Å². The van der Waals surface area contributed by atoms with Crippen molar-refractivity contribution < 1.29 is 0 Å². The molecule has 1 N–H and O–H groups in total. The molecule has 4 nitrogen and oxygen atoms in total. The molecule has 1 aliphatic rings. The fourth-order valence-corrected chi connectivity index (χ4v) is 2.63. The lowest BCUT2D eigenvalue weighted by Crippen LogP contribution is -2.49. The number of nitrogens with one attached hydrogen (secondary N) is 1. The normalized spacial score (nSPS) is 18.2. The first kappa shape index (κ1) is 15.3. The maximum Gasteiger partial charge on any atom is 0.128 e. The summed E-state index contributed by atoms with van der Waals surface area (Å²) in [4.78, 5) is 9.59. The third-order valence-corrected chi connectivity index (χ3v) is 4.24. The van der Waals surface area contributed by atoms with Crippen molar-refractivity contribution in [3.63, 3.8) is 0 Å². The number of anilines is 1. The van der Waals surface area contributed by atoms with E-state index in [0.29, 0.717) is 6.04 Å². The van der Waals surface area contributed by atoms with Crippen LogP contribution < -0.4 is 10.2 Å². The van der Waals surface area contributed by atoms with E-state index in [1.807, 2.05) is 6.20 Å². The van der Waals surface area contributed by atoms with Crippen molar-refractivity contribution in [1.82, 2.24) is 15.2 Å². The Morgan fingerprint density at radius 3 is 2.50 bits per heavy atom. The molecule has 2 heterocycles. The van der Waals surface area contributed by atoms with Gasteiger partial charge in [-0.3, -0.25) is 4.90 Å². The summed E-state index contributed by atoms with van der Waals surface area (Å²) >= 11 is 0. The molecule has 2 rings (SSSR count).